The summed E-state index contributed by atoms with van der Waals surface area (Å²) in [6.45, 7) is 5.17. The highest BCUT2D eigenvalue weighted by Crippen LogP contribution is 2.25. The summed E-state index contributed by atoms with van der Waals surface area (Å²) >= 11 is 0. The summed E-state index contributed by atoms with van der Waals surface area (Å²) in [6, 6.07) is 10.9. The van der Waals surface area contributed by atoms with Crippen LogP contribution >= 0.6 is 0 Å². The lowest BCUT2D eigenvalue weighted by molar-refractivity contribution is 0.0600. The highest BCUT2D eigenvalue weighted by molar-refractivity contribution is 7.92. The summed E-state index contributed by atoms with van der Waals surface area (Å²) in [7, 11) is -2.22. The number of carbonyl (C=O) groups excluding carboxylic acids is 1. The smallest absolute Gasteiger partial charge is 0.337 e. The molecule has 37 heavy (non-hydrogen) atoms. The summed E-state index contributed by atoms with van der Waals surface area (Å²) in [5.74, 6) is -0.0693. The molecule has 0 amide bonds. The van der Waals surface area contributed by atoms with Crippen molar-refractivity contribution in [3.05, 3.63) is 84.2 Å². The van der Waals surface area contributed by atoms with Crippen LogP contribution in [0, 0.1) is 5.82 Å². The minimum absolute atomic E-state index is 0.0594. The molecule has 0 bridgehead atoms. The largest absolute Gasteiger partial charge is 0.465 e. The van der Waals surface area contributed by atoms with Gasteiger partial charge in [-0.3, -0.25) is 9.71 Å². The topological polar surface area (TPSA) is 126 Å². The number of amidine groups is 1. The third kappa shape index (κ3) is 7.51. The zero-order chi connectivity index (χ0) is 27.0. The lowest BCUT2D eigenvalue weighted by Crippen LogP contribution is -2.29. The van der Waals surface area contributed by atoms with Crippen molar-refractivity contribution >= 4 is 40.2 Å². The van der Waals surface area contributed by atoms with Crippen molar-refractivity contribution < 1.29 is 22.3 Å². The van der Waals surface area contributed by atoms with E-state index >= 15 is 0 Å². The molecule has 2 heterocycles. The van der Waals surface area contributed by atoms with E-state index in [4.69, 9.17) is 0 Å². The van der Waals surface area contributed by atoms with Crippen molar-refractivity contribution in [2.75, 3.05) is 23.0 Å². The summed E-state index contributed by atoms with van der Waals surface area (Å²) in [4.78, 5) is 30.0. The van der Waals surface area contributed by atoms with E-state index in [1.165, 1.54) is 37.8 Å². The standard InChI is InChI=1S/C25H25FN6O4S/c1-17(28-12-11-27-2)32(16-21-6-5-19(13-22(21)26)25(33)36-3)24-14-18(9-10-29-24)20-7-8-23(30-15-20)31-37(4,34)35/h5-15H,2,16H2,1,3-4H3,(H,30,31)/b12-11-,28-17+. The van der Waals surface area contributed by atoms with Gasteiger partial charge < -0.3 is 9.64 Å². The normalized spacial score (nSPS) is 11.8. The maximum absolute atomic E-state index is 14.9. The molecule has 3 aromatic rings. The molecule has 10 nitrogen and oxygen atoms in total. The number of pyridine rings is 2. The second-order valence-electron chi connectivity index (χ2n) is 7.75. The fourth-order valence-corrected chi connectivity index (χ4v) is 3.77. The Labute approximate surface area is 214 Å². The minimum Gasteiger partial charge on any atom is -0.465 e. The molecule has 3 rings (SSSR count). The first-order chi connectivity index (χ1) is 17.6. The van der Waals surface area contributed by atoms with Crippen LogP contribution in [-0.2, 0) is 21.3 Å². The van der Waals surface area contributed by atoms with Gasteiger partial charge in [0.05, 0.1) is 25.5 Å². The molecule has 2 aromatic heterocycles. The van der Waals surface area contributed by atoms with Crippen LogP contribution in [0.25, 0.3) is 11.1 Å². The molecule has 1 N–H and O–H groups in total. The van der Waals surface area contributed by atoms with Crippen LogP contribution < -0.4 is 9.62 Å². The number of aromatic nitrogens is 2. The number of aliphatic imine (C=N–C) groups is 2. The van der Waals surface area contributed by atoms with E-state index in [2.05, 4.69) is 36.1 Å². The van der Waals surface area contributed by atoms with E-state index in [0.29, 0.717) is 22.8 Å². The van der Waals surface area contributed by atoms with E-state index in [1.54, 1.807) is 42.3 Å². The minimum atomic E-state index is -3.45. The molecule has 0 saturated heterocycles. The first-order valence-electron chi connectivity index (χ1n) is 10.8. The molecule has 0 fully saturated rings. The van der Waals surface area contributed by atoms with Gasteiger partial charge in [-0.1, -0.05) is 6.07 Å². The van der Waals surface area contributed by atoms with Gasteiger partial charge in [-0.25, -0.2) is 32.6 Å². The number of methoxy groups -OCH3 is 1. The van der Waals surface area contributed by atoms with Crippen molar-refractivity contribution in [2.45, 2.75) is 13.5 Å². The lowest BCUT2D eigenvalue weighted by atomic mass is 10.1. The SMILES string of the molecule is C=N/C=C\N=C(/C)N(Cc1ccc(C(=O)OC)cc1F)c1cc(-c2ccc(NS(C)(=O)=O)nc2)ccn1. The van der Waals surface area contributed by atoms with Gasteiger partial charge in [0.25, 0.3) is 0 Å². The molecular formula is C25H25FN6O4S. The predicted octanol–water partition coefficient (Wildman–Crippen LogP) is 4.04. The molecule has 0 radical (unpaired) electrons. The van der Waals surface area contributed by atoms with Crippen molar-refractivity contribution in [1.29, 1.82) is 0 Å². The zero-order valence-electron chi connectivity index (χ0n) is 20.4. The summed E-state index contributed by atoms with van der Waals surface area (Å²) in [6.07, 6.45) is 7.03. The Morgan fingerprint density at radius 1 is 1.16 bits per heavy atom. The molecule has 0 aliphatic rings. The second kappa shape index (κ2) is 12.0. The van der Waals surface area contributed by atoms with Crippen LogP contribution in [0.3, 0.4) is 0 Å². The quantitative estimate of drug-likeness (QED) is 0.254. The molecule has 0 spiro atoms. The monoisotopic (exact) mass is 524 g/mol. The number of halogens is 1. The summed E-state index contributed by atoms with van der Waals surface area (Å²) in [5, 5.41) is 0. The Balaban J connectivity index is 1.98. The highest BCUT2D eigenvalue weighted by Gasteiger charge is 2.17. The number of esters is 1. The predicted molar refractivity (Wildman–Crippen MR) is 142 cm³/mol. The van der Waals surface area contributed by atoms with Crippen LogP contribution in [0.4, 0.5) is 16.0 Å². The van der Waals surface area contributed by atoms with Gasteiger partial charge in [-0.05, 0) is 55.6 Å². The van der Waals surface area contributed by atoms with Gasteiger partial charge in [0.1, 0.15) is 23.3 Å². The Bertz CT molecular complexity index is 1460. The first kappa shape index (κ1) is 27.1. The molecule has 192 valence electrons. The second-order valence-corrected chi connectivity index (χ2v) is 9.50. The number of sulfonamides is 1. The number of rotatable bonds is 9. The van der Waals surface area contributed by atoms with Crippen molar-refractivity contribution in [3.8, 4) is 11.1 Å². The van der Waals surface area contributed by atoms with Gasteiger partial charge in [0.2, 0.25) is 10.0 Å². The number of nitrogens with zero attached hydrogens (tertiary/aromatic N) is 5. The zero-order valence-corrected chi connectivity index (χ0v) is 21.2. The number of nitrogens with one attached hydrogen (secondary N) is 1. The maximum Gasteiger partial charge on any atom is 0.337 e. The van der Waals surface area contributed by atoms with Gasteiger partial charge in [0, 0.05) is 35.9 Å². The van der Waals surface area contributed by atoms with Crippen LogP contribution in [0.15, 0.2) is 77.2 Å². The third-order valence-corrected chi connectivity index (χ3v) is 5.62. The molecule has 0 atom stereocenters. The van der Waals surface area contributed by atoms with Crippen LogP contribution in [0.2, 0.25) is 0 Å². The van der Waals surface area contributed by atoms with Gasteiger partial charge in [0.15, 0.2) is 0 Å². The summed E-state index contributed by atoms with van der Waals surface area (Å²) in [5.41, 5.74) is 1.85. The average molecular weight is 525 g/mol. The fraction of sp³-hybridized carbons (Fsp3) is 0.160. The molecule has 0 aliphatic heterocycles. The highest BCUT2D eigenvalue weighted by atomic mass is 32.2. The van der Waals surface area contributed by atoms with Crippen molar-refractivity contribution in [1.82, 2.24) is 9.97 Å². The van der Waals surface area contributed by atoms with E-state index in [9.17, 15) is 17.6 Å². The molecular weight excluding hydrogens is 499 g/mol. The van der Waals surface area contributed by atoms with Gasteiger partial charge in [-0.2, -0.15) is 0 Å². The maximum atomic E-state index is 14.9. The number of benzene rings is 1. The Kier molecular flexibility index (Phi) is 8.80. The molecule has 1 aromatic carbocycles. The molecule has 0 unspecified atom stereocenters. The van der Waals surface area contributed by atoms with Crippen LogP contribution in [0.1, 0.15) is 22.8 Å². The van der Waals surface area contributed by atoms with E-state index in [1.807, 2.05) is 0 Å². The van der Waals surface area contributed by atoms with E-state index in [-0.39, 0.29) is 17.9 Å². The van der Waals surface area contributed by atoms with E-state index in [0.717, 1.165) is 17.9 Å². The number of hydrogen-bond donors (Lipinski definition) is 1. The van der Waals surface area contributed by atoms with Crippen LogP contribution in [0.5, 0.6) is 0 Å². The van der Waals surface area contributed by atoms with Crippen molar-refractivity contribution in [2.24, 2.45) is 9.98 Å². The first-order valence-corrected chi connectivity index (χ1v) is 12.7. The number of carbonyl (C=O) groups is 1. The number of anilines is 2. The molecule has 0 saturated carbocycles. The Hall–Kier alpha value is -4.45. The Morgan fingerprint density at radius 2 is 1.95 bits per heavy atom. The molecule has 0 aliphatic carbocycles. The Morgan fingerprint density at radius 3 is 2.57 bits per heavy atom. The van der Waals surface area contributed by atoms with Gasteiger partial charge in [-0.15, -0.1) is 0 Å². The number of hydrogen-bond acceptors (Lipinski definition) is 8. The van der Waals surface area contributed by atoms with Crippen LogP contribution in [-0.4, -0.2) is 50.3 Å². The fourth-order valence-electron chi connectivity index (χ4n) is 3.27. The number of ether oxygens (including phenoxy) is 1. The third-order valence-electron chi connectivity index (χ3n) is 5.04. The van der Waals surface area contributed by atoms with E-state index < -0.39 is 21.8 Å². The molecule has 12 heteroatoms. The lowest BCUT2D eigenvalue weighted by Gasteiger charge is -2.24. The van der Waals surface area contributed by atoms with Gasteiger partial charge >= 0.3 is 5.97 Å². The van der Waals surface area contributed by atoms with Crippen molar-refractivity contribution in [3.63, 3.8) is 0 Å². The average Bonchev–Trinajstić information content (AvgIpc) is 2.87. The summed E-state index contributed by atoms with van der Waals surface area (Å²) < 4.78 is 44.7.